The van der Waals surface area contributed by atoms with Crippen LogP contribution in [0, 0.1) is 5.92 Å². The van der Waals surface area contributed by atoms with Gasteiger partial charge in [-0.2, -0.15) is 0 Å². The molecule has 196 valence electrons. The third-order valence-electron chi connectivity index (χ3n) is 7.29. The second-order valence-corrected chi connectivity index (χ2v) is 9.79. The number of aryl methyl sites for hydroxylation is 2. The summed E-state index contributed by atoms with van der Waals surface area (Å²) in [6.07, 6.45) is 4.62. The number of ether oxygens (including phenoxy) is 2. The van der Waals surface area contributed by atoms with Crippen LogP contribution < -0.4 is 10.1 Å². The van der Waals surface area contributed by atoms with Gasteiger partial charge in [-0.05, 0) is 87.3 Å². The number of nitrogens with zero attached hydrogens (tertiary/aromatic N) is 1. The fourth-order valence-corrected chi connectivity index (χ4v) is 5.01. The van der Waals surface area contributed by atoms with Crippen molar-refractivity contribution in [3.05, 3.63) is 83.2 Å². The lowest BCUT2D eigenvalue weighted by Crippen LogP contribution is -2.21. The van der Waals surface area contributed by atoms with Gasteiger partial charge in [-0.1, -0.05) is 43.3 Å². The lowest BCUT2D eigenvalue weighted by molar-refractivity contribution is -0.144. The Kier molecular flexibility index (Phi) is 8.70. The van der Waals surface area contributed by atoms with Gasteiger partial charge in [0.05, 0.1) is 25.3 Å². The molecule has 0 bridgehead atoms. The largest absolute Gasteiger partial charge is 0.495 e. The Morgan fingerprint density at radius 3 is 2.54 bits per heavy atom. The number of carbonyl (C=O) groups is 2. The number of benzene rings is 2. The highest BCUT2D eigenvalue weighted by atomic mass is 16.5. The standard InChI is InChI=1S/C31H38N2O4/c1-5-21(3)33-24(14-10-13-22-11-8-7-9-12-22)16-17-28(33)30(34)32-27-19-23(15-18-29(27)36-4)25-20-26(25)31(35)37-6-2/h7-9,11-12,15-19,21,25-26H,5-6,10,13-14,20H2,1-4H3,(H,32,34)/t21-,25+,26+/m0/s1. The molecule has 1 aliphatic rings. The van der Waals surface area contributed by atoms with Crippen LogP contribution in [0.3, 0.4) is 0 Å². The van der Waals surface area contributed by atoms with Gasteiger partial charge in [-0.25, -0.2) is 0 Å². The van der Waals surface area contributed by atoms with Crippen molar-refractivity contribution < 1.29 is 19.1 Å². The molecule has 0 radical (unpaired) electrons. The van der Waals surface area contributed by atoms with E-state index in [2.05, 4.69) is 54.1 Å². The molecule has 6 nitrogen and oxygen atoms in total. The lowest BCUT2D eigenvalue weighted by atomic mass is 10.1. The van der Waals surface area contributed by atoms with Crippen LogP contribution in [0.15, 0.2) is 60.7 Å². The Hall–Kier alpha value is -3.54. The Balaban J connectivity index is 1.50. The maximum atomic E-state index is 13.5. The van der Waals surface area contributed by atoms with Crippen LogP contribution in [-0.2, 0) is 22.4 Å². The van der Waals surface area contributed by atoms with Crippen LogP contribution in [-0.4, -0.2) is 30.2 Å². The van der Waals surface area contributed by atoms with E-state index in [-0.39, 0.29) is 29.8 Å². The molecule has 1 saturated carbocycles. The van der Waals surface area contributed by atoms with Crippen LogP contribution in [0.25, 0.3) is 0 Å². The number of esters is 1. The van der Waals surface area contributed by atoms with Gasteiger partial charge in [-0.15, -0.1) is 0 Å². The van der Waals surface area contributed by atoms with Gasteiger partial charge in [-0.3, -0.25) is 9.59 Å². The Labute approximate surface area is 220 Å². The van der Waals surface area contributed by atoms with Crippen molar-refractivity contribution in [2.45, 2.75) is 64.8 Å². The van der Waals surface area contributed by atoms with Crippen molar-refractivity contribution in [2.24, 2.45) is 5.92 Å². The second-order valence-electron chi connectivity index (χ2n) is 9.79. The minimum absolute atomic E-state index is 0.112. The van der Waals surface area contributed by atoms with Crippen molar-refractivity contribution in [3.63, 3.8) is 0 Å². The average Bonchev–Trinajstić information content (AvgIpc) is 3.61. The molecule has 1 aliphatic carbocycles. The summed E-state index contributed by atoms with van der Waals surface area (Å²) >= 11 is 0. The molecule has 3 aromatic rings. The number of carbonyl (C=O) groups excluding carboxylic acids is 2. The molecule has 4 rings (SSSR count). The maximum Gasteiger partial charge on any atom is 0.309 e. The number of methoxy groups -OCH3 is 1. The van der Waals surface area contributed by atoms with Gasteiger partial charge >= 0.3 is 5.97 Å². The van der Waals surface area contributed by atoms with Gasteiger partial charge < -0.3 is 19.4 Å². The van der Waals surface area contributed by atoms with E-state index in [1.165, 1.54) is 11.3 Å². The lowest BCUT2D eigenvalue weighted by Gasteiger charge is -2.20. The molecule has 0 saturated heterocycles. The highest BCUT2D eigenvalue weighted by Crippen LogP contribution is 2.49. The van der Waals surface area contributed by atoms with Gasteiger partial charge in [0.15, 0.2) is 0 Å². The Morgan fingerprint density at radius 2 is 1.84 bits per heavy atom. The number of hydrogen-bond donors (Lipinski definition) is 1. The zero-order valence-electron chi connectivity index (χ0n) is 22.3. The smallest absolute Gasteiger partial charge is 0.309 e. The van der Waals surface area contributed by atoms with E-state index in [1.807, 2.05) is 37.3 Å². The van der Waals surface area contributed by atoms with Crippen LogP contribution in [0.1, 0.15) is 79.3 Å². The molecular weight excluding hydrogens is 464 g/mol. The summed E-state index contributed by atoms with van der Waals surface area (Å²) in [5, 5.41) is 3.08. The third-order valence-corrected chi connectivity index (χ3v) is 7.29. The van der Waals surface area contributed by atoms with Crippen molar-refractivity contribution in [1.29, 1.82) is 0 Å². The van der Waals surface area contributed by atoms with Crippen LogP contribution >= 0.6 is 0 Å². The van der Waals surface area contributed by atoms with Gasteiger partial charge in [0.2, 0.25) is 0 Å². The first-order valence-corrected chi connectivity index (χ1v) is 13.4. The van der Waals surface area contributed by atoms with Gasteiger partial charge in [0.1, 0.15) is 11.4 Å². The summed E-state index contributed by atoms with van der Waals surface area (Å²) in [5.74, 6) is 0.275. The monoisotopic (exact) mass is 502 g/mol. The number of nitrogens with one attached hydrogen (secondary N) is 1. The van der Waals surface area contributed by atoms with Crippen LogP contribution in [0.4, 0.5) is 5.69 Å². The normalized spacial score (nSPS) is 17.2. The first-order valence-electron chi connectivity index (χ1n) is 13.4. The molecule has 1 aromatic heterocycles. The topological polar surface area (TPSA) is 69.6 Å². The third kappa shape index (κ3) is 6.24. The first kappa shape index (κ1) is 26.5. The predicted octanol–water partition coefficient (Wildman–Crippen LogP) is 6.56. The maximum absolute atomic E-state index is 13.5. The number of aromatic nitrogens is 1. The Morgan fingerprint density at radius 1 is 1.05 bits per heavy atom. The summed E-state index contributed by atoms with van der Waals surface area (Å²) < 4.78 is 12.9. The summed E-state index contributed by atoms with van der Waals surface area (Å²) in [7, 11) is 1.59. The molecule has 3 atom stereocenters. The highest BCUT2D eigenvalue weighted by Gasteiger charge is 2.45. The predicted molar refractivity (Wildman–Crippen MR) is 146 cm³/mol. The molecular formula is C31H38N2O4. The van der Waals surface area contributed by atoms with E-state index in [4.69, 9.17) is 9.47 Å². The summed E-state index contributed by atoms with van der Waals surface area (Å²) in [6, 6.07) is 20.4. The van der Waals surface area contributed by atoms with Crippen LogP contribution in [0.2, 0.25) is 0 Å². The van der Waals surface area contributed by atoms with Crippen molar-refractivity contribution in [3.8, 4) is 5.75 Å². The molecule has 1 amide bonds. The van der Waals surface area contributed by atoms with E-state index in [0.717, 1.165) is 37.7 Å². The fourth-order valence-electron chi connectivity index (χ4n) is 5.01. The number of hydrogen-bond acceptors (Lipinski definition) is 4. The molecule has 0 spiro atoms. The summed E-state index contributed by atoms with van der Waals surface area (Å²) in [6.45, 7) is 6.50. The molecule has 0 aliphatic heterocycles. The van der Waals surface area contributed by atoms with E-state index in [9.17, 15) is 9.59 Å². The first-order chi connectivity index (χ1) is 18.0. The molecule has 2 aromatic carbocycles. The number of anilines is 1. The summed E-state index contributed by atoms with van der Waals surface area (Å²) in [4.78, 5) is 25.7. The minimum Gasteiger partial charge on any atom is -0.495 e. The SMILES string of the molecule is CCOC(=O)[C@@H]1C[C@@H]1c1ccc(OC)c(NC(=O)c2ccc(CCCc3ccccc3)n2[C@@H](C)CC)c1. The molecule has 1 heterocycles. The minimum atomic E-state index is -0.164. The highest BCUT2D eigenvalue weighted by molar-refractivity contribution is 6.04. The number of rotatable bonds is 12. The van der Waals surface area contributed by atoms with Gasteiger partial charge in [0, 0.05) is 11.7 Å². The quantitative estimate of drug-likeness (QED) is 0.285. The molecule has 6 heteroatoms. The van der Waals surface area contributed by atoms with E-state index in [0.29, 0.717) is 23.7 Å². The van der Waals surface area contributed by atoms with Crippen molar-refractivity contribution in [2.75, 3.05) is 19.0 Å². The van der Waals surface area contributed by atoms with Crippen molar-refractivity contribution in [1.82, 2.24) is 4.57 Å². The van der Waals surface area contributed by atoms with E-state index < -0.39 is 0 Å². The van der Waals surface area contributed by atoms with E-state index in [1.54, 1.807) is 7.11 Å². The number of amides is 1. The molecule has 1 fully saturated rings. The molecule has 37 heavy (non-hydrogen) atoms. The molecule has 1 N–H and O–H groups in total. The fraction of sp³-hybridized carbons (Fsp3) is 0.419. The molecule has 0 unspecified atom stereocenters. The average molecular weight is 503 g/mol. The summed E-state index contributed by atoms with van der Waals surface area (Å²) in [5.41, 5.74) is 4.77. The zero-order valence-corrected chi connectivity index (χ0v) is 22.3. The van der Waals surface area contributed by atoms with Gasteiger partial charge in [0.25, 0.3) is 5.91 Å². The Bertz CT molecular complexity index is 1220. The van der Waals surface area contributed by atoms with Crippen molar-refractivity contribution >= 4 is 17.6 Å². The second kappa shape index (κ2) is 12.1. The zero-order chi connectivity index (χ0) is 26.4. The van der Waals surface area contributed by atoms with E-state index >= 15 is 0 Å². The van der Waals surface area contributed by atoms with Crippen LogP contribution in [0.5, 0.6) is 5.75 Å².